The number of carbonyl (C=O) groups is 1. The number of halogens is 1. The highest BCUT2D eigenvalue weighted by Gasteiger charge is 2.05. The van der Waals surface area contributed by atoms with Crippen LogP contribution in [0.5, 0.6) is 0 Å². The van der Waals surface area contributed by atoms with E-state index in [0.717, 1.165) is 0 Å². The number of nitrogens with zero attached hydrogens (tertiary/aromatic N) is 1. The van der Waals surface area contributed by atoms with Gasteiger partial charge in [-0.3, -0.25) is 4.79 Å². The molecule has 3 N–H and O–H groups in total. The molecule has 58 valence electrons. The maximum atomic E-state index is 10.6. The van der Waals surface area contributed by atoms with Crippen LogP contribution >= 0.6 is 23.8 Å². The molecule has 0 spiro atoms. The van der Waals surface area contributed by atoms with Crippen LogP contribution < -0.4 is 5.73 Å². The number of aromatic amines is 1. The lowest BCUT2D eigenvalue weighted by molar-refractivity contribution is 0.0999. The number of rotatable bonds is 1. The third-order valence-corrected chi connectivity index (χ3v) is 1.54. The number of hydrogen-bond donors (Lipinski definition) is 2. The lowest BCUT2D eigenvalue weighted by atomic mass is 10.3. The molecule has 0 unspecified atom stereocenters. The molecule has 0 fully saturated rings. The Labute approximate surface area is 72.4 Å². The van der Waals surface area contributed by atoms with E-state index in [1.807, 2.05) is 0 Å². The van der Waals surface area contributed by atoms with E-state index in [-0.39, 0.29) is 15.5 Å². The molecular weight excluding hydrogens is 186 g/mol. The second-order valence-electron chi connectivity index (χ2n) is 1.78. The molecule has 1 aromatic rings. The van der Waals surface area contributed by atoms with Crippen LogP contribution in [-0.4, -0.2) is 15.9 Å². The van der Waals surface area contributed by atoms with Gasteiger partial charge in [-0.15, -0.1) is 0 Å². The van der Waals surface area contributed by atoms with Gasteiger partial charge in [0.1, 0.15) is 5.15 Å². The number of hydrogen-bond acceptors (Lipinski definition) is 3. The highest BCUT2D eigenvalue weighted by molar-refractivity contribution is 7.71. The summed E-state index contributed by atoms with van der Waals surface area (Å²) in [6, 6.07) is 0. The summed E-state index contributed by atoms with van der Waals surface area (Å²) in [4.78, 5) is 16.7. The average molecular weight is 190 g/mol. The molecule has 6 heteroatoms. The Bertz CT molecular complexity index is 348. The molecule has 1 amide bonds. The first-order valence-electron chi connectivity index (χ1n) is 2.66. The molecule has 0 atom stereocenters. The van der Waals surface area contributed by atoms with Gasteiger partial charge in [-0.1, -0.05) is 11.6 Å². The predicted molar refractivity (Wildman–Crippen MR) is 42.9 cm³/mol. The maximum Gasteiger partial charge on any atom is 0.253 e. The van der Waals surface area contributed by atoms with Crippen LogP contribution in [0.3, 0.4) is 0 Å². The number of aromatic nitrogens is 2. The minimum atomic E-state index is -0.631. The van der Waals surface area contributed by atoms with E-state index in [4.69, 9.17) is 17.3 Å². The van der Waals surface area contributed by atoms with Gasteiger partial charge in [-0.05, 0) is 12.2 Å². The Morgan fingerprint density at radius 2 is 2.45 bits per heavy atom. The van der Waals surface area contributed by atoms with Gasteiger partial charge in [0.15, 0.2) is 4.77 Å². The largest absolute Gasteiger partial charge is 0.365 e. The second-order valence-corrected chi connectivity index (χ2v) is 2.54. The van der Waals surface area contributed by atoms with E-state index in [2.05, 4.69) is 22.2 Å². The Kier molecular flexibility index (Phi) is 2.21. The summed E-state index contributed by atoms with van der Waals surface area (Å²) < 4.78 is 0.222. The zero-order chi connectivity index (χ0) is 8.43. The number of H-pyrrole nitrogens is 1. The fourth-order valence-corrected chi connectivity index (χ4v) is 0.987. The van der Waals surface area contributed by atoms with Crippen molar-refractivity contribution in [1.29, 1.82) is 0 Å². The monoisotopic (exact) mass is 189 g/mol. The SMILES string of the molecule is NC(=O)c1cnc(=S)[nH]c1Cl. The minimum absolute atomic E-state index is 0.123. The summed E-state index contributed by atoms with van der Waals surface area (Å²) in [6.45, 7) is 0. The van der Waals surface area contributed by atoms with Crippen LogP contribution in [0.2, 0.25) is 5.15 Å². The zero-order valence-corrected chi connectivity index (χ0v) is 6.87. The van der Waals surface area contributed by atoms with Crippen molar-refractivity contribution >= 4 is 29.7 Å². The van der Waals surface area contributed by atoms with Crippen LogP contribution in [-0.2, 0) is 0 Å². The van der Waals surface area contributed by atoms with Crippen LogP contribution in [0.15, 0.2) is 6.20 Å². The Balaban J connectivity index is 3.31. The average Bonchev–Trinajstić information content (AvgIpc) is 1.85. The fourth-order valence-electron chi connectivity index (χ4n) is 0.545. The predicted octanol–water partition coefficient (Wildman–Crippen LogP) is 0.891. The topological polar surface area (TPSA) is 71.8 Å². The van der Waals surface area contributed by atoms with Crippen molar-refractivity contribution in [3.05, 3.63) is 21.7 Å². The molecule has 0 radical (unpaired) electrons. The van der Waals surface area contributed by atoms with Crippen LogP contribution in [0.1, 0.15) is 10.4 Å². The molecule has 0 saturated heterocycles. The molecule has 0 saturated carbocycles. The normalized spacial score (nSPS) is 9.55. The Hall–Kier alpha value is -0.940. The molecule has 11 heavy (non-hydrogen) atoms. The van der Waals surface area contributed by atoms with Crippen molar-refractivity contribution in [2.45, 2.75) is 0 Å². The van der Waals surface area contributed by atoms with Gasteiger partial charge in [0.05, 0.1) is 5.56 Å². The highest BCUT2D eigenvalue weighted by Crippen LogP contribution is 2.08. The van der Waals surface area contributed by atoms with E-state index in [1.165, 1.54) is 6.20 Å². The molecule has 1 aromatic heterocycles. The Morgan fingerprint density at radius 1 is 1.82 bits per heavy atom. The Morgan fingerprint density at radius 3 is 2.91 bits per heavy atom. The van der Waals surface area contributed by atoms with Gasteiger partial charge in [-0.2, -0.15) is 0 Å². The summed E-state index contributed by atoms with van der Waals surface area (Å²) in [5.41, 5.74) is 5.09. The number of nitrogens with two attached hydrogens (primary N) is 1. The van der Waals surface area contributed by atoms with Gasteiger partial charge in [0.25, 0.3) is 5.91 Å². The second kappa shape index (κ2) is 2.98. The summed E-state index contributed by atoms with van der Waals surface area (Å²) in [6.07, 6.45) is 1.24. The molecule has 0 aliphatic rings. The number of nitrogens with one attached hydrogen (secondary N) is 1. The molecule has 0 aliphatic heterocycles. The summed E-state index contributed by atoms with van der Waals surface area (Å²) >= 11 is 10.2. The van der Waals surface area contributed by atoms with Crippen molar-refractivity contribution < 1.29 is 4.79 Å². The van der Waals surface area contributed by atoms with E-state index in [1.54, 1.807) is 0 Å². The van der Waals surface area contributed by atoms with Crippen molar-refractivity contribution in [2.75, 3.05) is 0 Å². The third-order valence-electron chi connectivity index (χ3n) is 1.03. The molecule has 0 bridgehead atoms. The van der Waals surface area contributed by atoms with E-state index < -0.39 is 5.91 Å². The zero-order valence-electron chi connectivity index (χ0n) is 5.30. The van der Waals surface area contributed by atoms with Crippen molar-refractivity contribution in [3.63, 3.8) is 0 Å². The quantitative estimate of drug-likeness (QED) is 0.509. The molecular formula is C5H4ClN3OS. The lowest BCUT2D eigenvalue weighted by Gasteiger charge is -1.95. The fraction of sp³-hybridized carbons (Fsp3) is 0. The molecule has 1 heterocycles. The third kappa shape index (κ3) is 1.75. The number of amides is 1. The number of carbonyl (C=O) groups excluding carboxylic acids is 1. The van der Waals surface area contributed by atoms with Crippen LogP contribution in [0.4, 0.5) is 0 Å². The minimum Gasteiger partial charge on any atom is -0.365 e. The smallest absolute Gasteiger partial charge is 0.253 e. The van der Waals surface area contributed by atoms with Gasteiger partial charge in [0, 0.05) is 6.20 Å². The highest BCUT2D eigenvalue weighted by atomic mass is 35.5. The molecule has 1 rings (SSSR count). The van der Waals surface area contributed by atoms with Crippen molar-refractivity contribution in [1.82, 2.24) is 9.97 Å². The van der Waals surface area contributed by atoms with Gasteiger partial charge in [-0.25, -0.2) is 4.98 Å². The molecule has 4 nitrogen and oxygen atoms in total. The first kappa shape index (κ1) is 8.16. The summed E-state index contributed by atoms with van der Waals surface area (Å²) in [5.74, 6) is -0.631. The number of primary amides is 1. The first-order chi connectivity index (χ1) is 5.11. The van der Waals surface area contributed by atoms with E-state index in [9.17, 15) is 4.79 Å². The maximum absolute atomic E-state index is 10.6. The van der Waals surface area contributed by atoms with Gasteiger partial charge < -0.3 is 10.7 Å². The summed E-state index contributed by atoms with van der Waals surface area (Å²) in [5, 5.41) is 0.123. The van der Waals surface area contributed by atoms with Crippen LogP contribution in [0.25, 0.3) is 0 Å². The molecule has 0 aromatic carbocycles. The van der Waals surface area contributed by atoms with E-state index >= 15 is 0 Å². The standard InChI is InChI=1S/C5H4ClN3OS/c6-3-2(4(7)10)1-8-5(11)9-3/h1H,(H2,7,10)(H,8,9,11). The van der Waals surface area contributed by atoms with E-state index in [0.29, 0.717) is 0 Å². The van der Waals surface area contributed by atoms with Crippen LogP contribution in [0, 0.1) is 4.77 Å². The lowest BCUT2D eigenvalue weighted by Crippen LogP contribution is -2.12. The molecule has 0 aliphatic carbocycles. The van der Waals surface area contributed by atoms with Crippen molar-refractivity contribution in [2.24, 2.45) is 5.73 Å². The van der Waals surface area contributed by atoms with Crippen molar-refractivity contribution in [3.8, 4) is 0 Å². The van der Waals surface area contributed by atoms with Gasteiger partial charge >= 0.3 is 0 Å². The first-order valence-corrected chi connectivity index (χ1v) is 3.44. The summed E-state index contributed by atoms with van der Waals surface area (Å²) in [7, 11) is 0. The van der Waals surface area contributed by atoms with Gasteiger partial charge in [0.2, 0.25) is 0 Å².